The van der Waals surface area contributed by atoms with E-state index >= 15 is 0 Å². The Labute approximate surface area is 179 Å². The minimum atomic E-state index is -3.52. The Morgan fingerprint density at radius 3 is 1.90 bits per heavy atom. The molecule has 0 aliphatic rings. The van der Waals surface area contributed by atoms with Crippen molar-refractivity contribution in [3.05, 3.63) is 35.9 Å². The van der Waals surface area contributed by atoms with Crippen molar-refractivity contribution in [1.82, 2.24) is 5.06 Å². The molecule has 0 saturated carbocycles. The fraction of sp³-hybridized carbons (Fsp3) is 0.714. The predicted octanol–water partition coefficient (Wildman–Crippen LogP) is 6.20. The van der Waals surface area contributed by atoms with Crippen LogP contribution in [0, 0.1) is 5.41 Å². The molecule has 1 aromatic rings. The van der Waals surface area contributed by atoms with Gasteiger partial charge in [-0.2, -0.15) is 5.06 Å². The van der Waals surface area contributed by atoms with E-state index in [4.69, 9.17) is 18.4 Å². The summed E-state index contributed by atoms with van der Waals surface area (Å²) in [4.78, 5) is 6.53. The summed E-state index contributed by atoms with van der Waals surface area (Å²) in [5.41, 5.74) is 0.0471. The SMILES string of the molecule is CCOP(=O)(OCC)C(N(OC(COP)c1ccccc1)C(C)(C)C)C(C)(C)C. The second-order valence-corrected chi connectivity index (χ2v) is 11.4. The normalized spacial score (nSPS) is 15.5. The van der Waals surface area contributed by atoms with Gasteiger partial charge in [0.05, 0.1) is 19.8 Å². The molecular weight excluding hydrogens is 408 g/mol. The summed E-state index contributed by atoms with van der Waals surface area (Å²) in [6, 6.07) is 9.86. The lowest BCUT2D eigenvalue weighted by molar-refractivity contribution is -0.272. The van der Waals surface area contributed by atoms with Crippen LogP contribution in [0.1, 0.15) is 67.1 Å². The van der Waals surface area contributed by atoms with Gasteiger partial charge in [0.15, 0.2) is 0 Å². The lowest BCUT2D eigenvalue weighted by atomic mass is 9.94. The standard InChI is InChI=1S/C21H39NO5P2/c1-9-25-29(23,26-10-2)19(20(3,4)5)22(21(6,7)8)27-18(16-24-28)17-14-12-11-13-15-17/h11-15,18-19H,9-10,16,28H2,1-8H3. The Morgan fingerprint density at radius 2 is 1.52 bits per heavy atom. The van der Waals surface area contributed by atoms with Crippen LogP contribution >= 0.6 is 17.1 Å². The van der Waals surface area contributed by atoms with Gasteiger partial charge in [0.1, 0.15) is 11.9 Å². The van der Waals surface area contributed by atoms with Crippen molar-refractivity contribution in [2.75, 3.05) is 19.8 Å². The van der Waals surface area contributed by atoms with Crippen LogP contribution in [0.25, 0.3) is 0 Å². The zero-order valence-corrected chi connectivity index (χ0v) is 21.2. The second kappa shape index (κ2) is 11.3. The van der Waals surface area contributed by atoms with Gasteiger partial charge in [-0.15, -0.1) is 0 Å². The zero-order valence-electron chi connectivity index (χ0n) is 19.2. The van der Waals surface area contributed by atoms with Gasteiger partial charge in [-0.05, 0) is 45.6 Å². The fourth-order valence-electron chi connectivity index (χ4n) is 3.16. The van der Waals surface area contributed by atoms with Crippen molar-refractivity contribution in [2.24, 2.45) is 5.41 Å². The summed E-state index contributed by atoms with van der Waals surface area (Å²) in [5, 5.41) is 1.79. The third-order valence-corrected chi connectivity index (χ3v) is 7.25. The quantitative estimate of drug-likeness (QED) is 0.297. The Bertz CT molecular complexity index is 633. The van der Waals surface area contributed by atoms with Gasteiger partial charge in [0, 0.05) is 15.0 Å². The highest BCUT2D eigenvalue weighted by Gasteiger charge is 2.51. The highest BCUT2D eigenvalue weighted by atomic mass is 31.2. The Kier molecular flexibility index (Phi) is 10.4. The largest absolute Gasteiger partial charge is 0.363 e. The minimum Gasteiger partial charge on any atom is -0.363 e. The predicted molar refractivity (Wildman–Crippen MR) is 122 cm³/mol. The summed E-state index contributed by atoms with van der Waals surface area (Å²) < 4.78 is 30.8. The number of hydrogen-bond acceptors (Lipinski definition) is 6. The Balaban J connectivity index is 3.48. The average molecular weight is 447 g/mol. The van der Waals surface area contributed by atoms with Crippen LogP contribution < -0.4 is 0 Å². The number of nitrogens with zero attached hydrogens (tertiary/aromatic N) is 1. The maximum absolute atomic E-state index is 13.9. The van der Waals surface area contributed by atoms with Crippen LogP contribution in [0.4, 0.5) is 0 Å². The van der Waals surface area contributed by atoms with Crippen LogP contribution in [0.2, 0.25) is 0 Å². The molecule has 0 bridgehead atoms. The highest BCUT2D eigenvalue weighted by molar-refractivity contribution is 7.54. The molecule has 0 aliphatic heterocycles. The monoisotopic (exact) mass is 447 g/mol. The summed E-state index contributed by atoms with van der Waals surface area (Å²) >= 11 is 0. The van der Waals surface area contributed by atoms with E-state index in [1.807, 2.05) is 85.7 Å². The molecule has 0 saturated heterocycles. The molecule has 1 aromatic carbocycles. The van der Waals surface area contributed by atoms with E-state index in [0.717, 1.165) is 5.56 Å². The van der Waals surface area contributed by atoms with E-state index in [9.17, 15) is 4.57 Å². The van der Waals surface area contributed by atoms with E-state index < -0.39 is 24.3 Å². The van der Waals surface area contributed by atoms with E-state index in [1.165, 1.54) is 0 Å². The molecular formula is C21H39NO5P2. The maximum atomic E-state index is 13.9. The van der Waals surface area contributed by atoms with Crippen molar-refractivity contribution in [3.63, 3.8) is 0 Å². The Hall–Kier alpha value is -0.320. The van der Waals surface area contributed by atoms with E-state index in [-0.39, 0.29) is 6.10 Å². The van der Waals surface area contributed by atoms with Gasteiger partial charge in [0.25, 0.3) is 0 Å². The van der Waals surface area contributed by atoms with Crippen molar-refractivity contribution in [2.45, 2.75) is 72.8 Å². The lowest BCUT2D eigenvalue weighted by Crippen LogP contribution is -2.54. The molecule has 3 atom stereocenters. The first-order valence-corrected chi connectivity index (χ1v) is 12.2. The Morgan fingerprint density at radius 1 is 1.00 bits per heavy atom. The molecule has 0 aromatic heterocycles. The molecule has 0 radical (unpaired) electrons. The minimum absolute atomic E-state index is 0.290. The first kappa shape index (κ1) is 26.7. The van der Waals surface area contributed by atoms with Gasteiger partial charge >= 0.3 is 7.60 Å². The lowest BCUT2D eigenvalue weighted by Gasteiger charge is -2.48. The summed E-state index contributed by atoms with van der Waals surface area (Å²) in [6.07, 6.45) is -0.380. The third-order valence-electron chi connectivity index (χ3n) is 4.24. The average Bonchev–Trinajstić information content (AvgIpc) is 2.59. The first-order chi connectivity index (χ1) is 13.4. The zero-order chi connectivity index (χ0) is 22.3. The van der Waals surface area contributed by atoms with Crippen LogP contribution in [0.15, 0.2) is 30.3 Å². The fourth-order valence-corrected chi connectivity index (χ4v) is 6.01. The molecule has 8 heteroatoms. The molecule has 0 amide bonds. The molecule has 29 heavy (non-hydrogen) atoms. The van der Waals surface area contributed by atoms with Crippen molar-refractivity contribution in [1.29, 1.82) is 0 Å². The second-order valence-electron chi connectivity index (χ2n) is 8.95. The molecule has 0 heterocycles. The van der Waals surface area contributed by atoms with E-state index in [2.05, 4.69) is 9.47 Å². The van der Waals surface area contributed by atoms with Crippen LogP contribution in [-0.4, -0.2) is 36.2 Å². The smallest absolute Gasteiger partial charge is 0.350 e. The van der Waals surface area contributed by atoms with Gasteiger partial charge < -0.3 is 13.6 Å². The van der Waals surface area contributed by atoms with Gasteiger partial charge in [-0.3, -0.25) is 9.40 Å². The molecule has 3 unspecified atom stereocenters. The number of rotatable bonds is 11. The van der Waals surface area contributed by atoms with E-state index in [1.54, 1.807) is 5.06 Å². The van der Waals surface area contributed by atoms with Crippen molar-refractivity contribution >= 4 is 17.1 Å². The highest BCUT2D eigenvalue weighted by Crippen LogP contribution is 2.61. The maximum Gasteiger partial charge on any atom is 0.350 e. The van der Waals surface area contributed by atoms with Gasteiger partial charge in [-0.25, -0.2) is 0 Å². The summed E-state index contributed by atoms with van der Waals surface area (Å²) in [5.74, 6) is -0.620. The van der Waals surface area contributed by atoms with Gasteiger partial charge in [-0.1, -0.05) is 51.1 Å². The van der Waals surface area contributed by atoms with Crippen molar-refractivity contribution < 1.29 is 23.0 Å². The topological polar surface area (TPSA) is 57.2 Å². The first-order valence-electron chi connectivity index (χ1n) is 10.1. The number of benzene rings is 1. The van der Waals surface area contributed by atoms with Crippen molar-refractivity contribution in [3.8, 4) is 0 Å². The van der Waals surface area contributed by atoms with Crippen LogP contribution in [0.5, 0.6) is 0 Å². The number of hydroxylamine groups is 2. The van der Waals surface area contributed by atoms with Gasteiger partial charge in [0.2, 0.25) is 0 Å². The molecule has 0 fully saturated rings. The third kappa shape index (κ3) is 7.70. The molecule has 6 nitrogen and oxygen atoms in total. The summed E-state index contributed by atoms with van der Waals surface area (Å²) in [6.45, 7) is 16.7. The number of hydrogen-bond donors (Lipinski definition) is 0. The molecule has 1 rings (SSSR count). The van der Waals surface area contributed by atoms with Crippen LogP contribution in [0.3, 0.4) is 0 Å². The molecule has 0 spiro atoms. The summed E-state index contributed by atoms with van der Waals surface area (Å²) in [7, 11) is -1.25. The molecule has 0 aliphatic carbocycles. The van der Waals surface area contributed by atoms with E-state index in [0.29, 0.717) is 19.8 Å². The molecule has 0 N–H and O–H groups in total. The molecule has 168 valence electrons. The van der Waals surface area contributed by atoms with Crippen LogP contribution in [-0.2, 0) is 23.0 Å².